The molecule has 0 fully saturated rings. The third-order valence-electron chi connectivity index (χ3n) is 5.97. The Kier molecular flexibility index (Phi) is 5.08. The molecule has 0 spiro atoms. The summed E-state index contributed by atoms with van der Waals surface area (Å²) in [7, 11) is 0. The summed E-state index contributed by atoms with van der Waals surface area (Å²) in [4.78, 5) is 0. The summed E-state index contributed by atoms with van der Waals surface area (Å²) in [5.41, 5.74) is 9.39. The maximum atomic E-state index is 2.50. The van der Waals surface area contributed by atoms with E-state index >= 15 is 0 Å². The van der Waals surface area contributed by atoms with E-state index in [9.17, 15) is 0 Å². The van der Waals surface area contributed by atoms with Gasteiger partial charge in [0.15, 0.2) is 0 Å². The van der Waals surface area contributed by atoms with Gasteiger partial charge >= 0.3 is 0 Å². The van der Waals surface area contributed by atoms with E-state index in [4.69, 9.17) is 0 Å². The zero-order valence-electron chi connectivity index (χ0n) is 17.9. The third-order valence-corrected chi connectivity index (χ3v) is 5.97. The van der Waals surface area contributed by atoms with Crippen LogP contribution in [0.15, 0.2) is 36.4 Å². The van der Waals surface area contributed by atoms with Crippen molar-refractivity contribution in [2.75, 3.05) is 0 Å². The van der Waals surface area contributed by atoms with Gasteiger partial charge in [0.25, 0.3) is 0 Å². The van der Waals surface area contributed by atoms with Gasteiger partial charge in [-0.1, -0.05) is 104 Å². The highest BCUT2D eigenvalue weighted by Gasteiger charge is 2.31. The van der Waals surface area contributed by atoms with E-state index in [-0.39, 0.29) is 10.8 Å². The van der Waals surface area contributed by atoms with Crippen molar-refractivity contribution in [2.45, 2.75) is 90.9 Å². The van der Waals surface area contributed by atoms with Crippen molar-refractivity contribution in [1.29, 1.82) is 0 Å². The Bertz CT molecular complexity index is 717. The molecule has 1 aliphatic rings. The molecular weight excluding hydrogens is 312 g/mol. The first kappa shape index (κ1) is 19.2. The number of benzene rings is 2. The molecule has 0 saturated carbocycles. The van der Waals surface area contributed by atoms with Gasteiger partial charge in [-0.05, 0) is 50.6 Å². The SMILES string of the molecule is CCCCCC1c2cc(C(C)(C)C)ccc2-c2ccc(C(C)(C)C)cc21. The van der Waals surface area contributed by atoms with Crippen molar-refractivity contribution in [2.24, 2.45) is 0 Å². The minimum absolute atomic E-state index is 0.203. The van der Waals surface area contributed by atoms with E-state index in [1.807, 2.05) is 0 Å². The molecule has 26 heavy (non-hydrogen) atoms. The largest absolute Gasteiger partial charge is 0.0654 e. The van der Waals surface area contributed by atoms with Crippen LogP contribution in [-0.4, -0.2) is 0 Å². The predicted octanol–water partition coefficient (Wildman–Crippen LogP) is 7.97. The highest BCUT2D eigenvalue weighted by Crippen LogP contribution is 2.49. The molecule has 2 aromatic carbocycles. The van der Waals surface area contributed by atoms with E-state index < -0.39 is 0 Å². The molecule has 0 N–H and O–H groups in total. The first-order valence-corrected chi connectivity index (χ1v) is 10.4. The van der Waals surface area contributed by atoms with Gasteiger partial charge in [-0.15, -0.1) is 0 Å². The lowest BCUT2D eigenvalue weighted by molar-refractivity contribution is 0.582. The fourth-order valence-electron chi connectivity index (χ4n) is 4.20. The Labute approximate surface area is 161 Å². The summed E-state index contributed by atoms with van der Waals surface area (Å²) in [6.07, 6.45) is 5.21. The van der Waals surface area contributed by atoms with Gasteiger partial charge in [-0.25, -0.2) is 0 Å². The molecule has 0 aromatic heterocycles. The second-order valence-corrected chi connectivity index (χ2v) is 10.2. The summed E-state index contributed by atoms with van der Waals surface area (Å²) in [5, 5.41) is 0. The van der Waals surface area contributed by atoms with Crippen LogP contribution in [0.3, 0.4) is 0 Å². The van der Waals surface area contributed by atoms with Crippen LogP contribution < -0.4 is 0 Å². The lowest BCUT2D eigenvalue weighted by Crippen LogP contribution is -2.12. The van der Waals surface area contributed by atoms with Crippen LogP contribution in [0, 0.1) is 0 Å². The quantitative estimate of drug-likeness (QED) is 0.491. The van der Waals surface area contributed by atoms with Crippen molar-refractivity contribution >= 4 is 0 Å². The van der Waals surface area contributed by atoms with Gasteiger partial charge < -0.3 is 0 Å². The Hall–Kier alpha value is -1.56. The third kappa shape index (κ3) is 3.61. The first-order valence-electron chi connectivity index (χ1n) is 10.4. The van der Waals surface area contributed by atoms with Crippen LogP contribution in [0.1, 0.15) is 102 Å². The van der Waals surface area contributed by atoms with Gasteiger partial charge in [-0.3, -0.25) is 0 Å². The Morgan fingerprint density at radius 1 is 0.692 bits per heavy atom. The van der Waals surface area contributed by atoms with Crippen LogP contribution in [0.4, 0.5) is 0 Å². The summed E-state index contributed by atoms with van der Waals surface area (Å²) >= 11 is 0. The second kappa shape index (κ2) is 6.87. The number of fused-ring (bicyclic) bond motifs is 3. The Balaban J connectivity index is 2.10. The van der Waals surface area contributed by atoms with E-state index in [1.54, 1.807) is 11.1 Å². The topological polar surface area (TPSA) is 0 Å². The van der Waals surface area contributed by atoms with Crippen LogP contribution in [0.2, 0.25) is 0 Å². The van der Waals surface area contributed by atoms with Crippen LogP contribution in [0.25, 0.3) is 11.1 Å². The monoisotopic (exact) mass is 348 g/mol. The maximum absolute atomic E-state index is 2.50. The number of unbranched alkanes of at least 4 members (excludes halogenated alkanes) is 2. The Morgan fingerprint density at radius 3 is 1.54 bits per heavy atom. The molecule has 0 amide bonds. The molecule has 0 bridgehead atoms. The number of hydrogen-bond donors (Lipinski definition) is 0. The van der Waals surface area contributed by atoms with Crippen LogP contribution >= 0.6 is 0 Å². The molecule has 0 unspecified atom stereocenters. The van der Waals surface area contributed by atoms with E-state index in [1.165, 1.54) is 47.9 Å². The summed E-state index contributed by atoms with van der Waals surface area (Å²) < 4.78 is 0. The van der Waals surface area contributed by atoms with Gasteiger partial charge in [0.2, 0.25) is 0 Å². The van der Waals surface area contributed by atoms with Gasteiger partial charge in [0.1, 0.15) is 0 Å². The highest BCUT2D eigenvalue weighted by atomic mass is 14.3. The molecule has 0 heteroatoms. The molecule has 140 valence electrons. The lowest BCUT2D eigenvalue weighted by Gasteiger charge is -2.22. The summed E-state index contributed by atoms with van der Waals surface area (Å²) in [6.45, 7) is 16.2. The van der Waals surface area contributed by atoms with Crippen molar-refractivity contribution in [3.63, 3.8) is 0 Å². The fourth-order valence-corrected chi connectivity index (χ4v) is 4.20. The molecule has 0 radical (unpaired) electrons. The van der Waals surface area contributed by atoms with Crippen molar-refractivity contribution in [3.8, 4) is 11.1 Å². The van der Waals surface area contributed by atoms with Crippen molar-refractivity contribution in [1.82, 2.24) is 0 Å². The lowest BCUT2D eigenvalue weighted by atomic mass is 9.82. The van der Waals surface area contributed by atoms with E-state index in [0.717, 1.165) is 0 Å². The van der Waals surface area contributed by atoms with E-state index in [0.29, 0.717) is 5.92 Å². The predicted molar refractivity (Wildman–Crippen MR) is 115 cm³/mol. The van der Waals surface area contributed by atoms with E-state index in [2.05, 4.69) is 84.9 Å². The minimum atomic E-state index is 0.203. The van der Waals surface area contributed by atoms with Gasteiger partial charge in [0.05, 0.1) is 0 Å². The maximum Gasteiger partial charge on any atom is 0.0102 e. The zero-order chi connectivity index (χ0) is 19.1. The molecule has 2 aromatic rings. The first-order chi connectivity index (χ1) is 12.1. The average Bonchev–Trinajstić information content (AvgIpc) is 2.86. The minimum Gasteiger partial charge on any atom is -0.0654 e. The molecule has 0 heterocycles. The molecule has 0 aliphatic heterocycles. The Morgan fingerprint density at radius 2 is 1.15 bits per heavy atom. The molecule has 0 nitrogen and oxygen atoms in total. The molecule has 0 saturated heterocycles. The summed E-state index contributed by atoms with van der Waals surface area (Å²) in [6, 6.07) is 14.4. The average molecular weight is 349 g/mol. The number of hydrogen-bond acceptors (Lipinski definition) is 0. The normalized spacial score (nSPS) is 14.4. The standard InChI is InChI=1S/C26H36/c1-8-9-10-11-20-23-16-18(25(2,3)4)12-14-21(23)22-15-13-19(17-24(20)22)26(5,6)7/h12-17,20H,8-11H2,1-7H3. The van der Waals surface area contributed by atoms with Gasteiger partial charge in [0, 0.05) is 5.92 Å². The van der Waals surface area contributed by atoms with Crippen molar-refractivity contribution < 1.29 is 0 Å². The zero-order valence-corrected chi connectivity index (χ0v) is 17.9. The second-order valence-electron chi connectivity index (χ2n) is 10.2. The summed E-state index contributed by atoms with van der Waals surface area (Å²) in [5.74, 6) is 0.566. The highest BCUT2D eigenvalue weighted by molar-refractivity contribution is 5.79. The fraction of sp³-hybridized carbons (Fsp3) is 0.538. The number of rotatable bonds is 4. The van der Waals surface area contributed by atoms with Crippen LogP contribution in [-0.2, 0) is 10.8 Å². The molecule has 0 atom stereocenters. The van der Waals surface area contributed by atoms with Crippen molar-refractivity contribution in [3.05, 3.63) is 58.7 Å². The van der Waals surface area contributed by atoms with Crippen LogP contribution in [0.5, 0.6) is 0 Å². The molecule has 3 rings (SSSR count). The molecule has 1 aliphatic carbocycles. The smallest absolute Gasteiger partial charge is 0.0102 e. The molecular formula is C26H36. The van der Waals surface area contributed by atoms with Gasteiger partial charge in [-0.2, -0.15) is 0 Å².